The minimum atomic E-state index is -0.438. The first-order chi connectivity index (χ1) is 7.16. The van der Waals surface area contributed by atoms with E-state index in [-0.39, 0.29) is 5.82 Å². The molecule has 1 aromatic heterocycles. The first-order valence-electron chi connectivity index (χ1n) is 4.42. The van der Waals surface area contributed by atoms with Gasteiger partial charge in [-0.05, 0) is 35.9 Å². The van der Waals surface area contributed by atoms with Gasteiger partial charge in [0.25, 0.3) is 0 Å². The zero-order chi connectivity index (χ0) is 10.8. The molecule has 0 amide bonds. The number of halogens is 2. The number of rotatable bonds is 2. The van der Waals surface area contributed by atoms with Gasteiger partial charge in [0.15, 0.2) is 0 Å². The standard InChI is InChI=1S/C11H9BrFNO/c12-8-4-7(5-9(13)6-8)11(14)10-2-1-3-15-10/h1-6,11H,14H2. The summed E-state index contributed by atoms with van der Waals surface area (Å²) in [6.45, 7) is 0. The second-order valence-electron chi connectivity index (χ2n) is 3.20. The van der Waals surface area contributed by atoms with Crippen molar-refractivity contribution >= 4 is 15.9 Å². The van der Waals surface area contributed by atoms with Crippen LogP contribution in [0.2, 0.25) is 0 Å². The van der Waals surface area contributed by atoms with Gasteiger partial charge >= 0.3 is 0 Å². The molecule has 1 unspecified atom stereocenters. The Kier molecular flexibility index (Phi) is 2.88. The van der Waals surface area contributed by atoms with Crippen molar-refractivity contribution < 1.29 is 8.81 Å². The van der Waals surface area contributed by atoms with E-state index in [0.29, 0.717) is 15.8 Å². The first-order valence-corrected chi connectivity index (χ1v) is 5.21. The van der Waals surface area contributed by atoms with Crippen molar-refractivity contribution in [3.8, 4) is 0 Å². The van der Waals surface area contributed by atoms with Crippen LogP contribution in [0.15, 0.2) is 45.5 Å². The second kappa shape index (κ2) is 4.16. The normalized spacial score (nSPS) is 12.7. The van der Waals surface area contributed by atoms with Crippen molar-refractivity contribution in [2.75, 3.05) is 0 Å². The highest BCUT2D eigenvalue weighted by molar-refractivity contribution is 9.10. The molecule has 1 aromatic carbocycles. The molecule has 0 aliphatic rings. The Morgan fingerprint density at radius 3 is 2.73 bits per heavy atom. The lowest BCUT2D eigenvalue weighted by Crippen LogP contribution is -2.11. The lowest BCUT2D eigenvalue weighted by molar-refractivity contribution is 0.488. The molecule has 2 N–H and O–H groups in total. The summed E-state index contributed by atoms with van der Waals surface area (Å²) < 4.78 is 18.9. The van der Waals surface area contributed by atoms with Gasteiger partial charge in [-0.1, -0.05) is 15.9 Å². The molecule has 0 bridgehead atoms. The van der Waals surface area contributed by atoms with Crippen LogP contribution in [0, 0.1) is 5.82 Å². The minimum Gasteiger partial charge on any atom is -0.467 e. The van der Waals surface area contributed by atoms with E-state index < -0.39 is 6.04 Å². The summed E-state index contributed by atoms with van der Waals surface area (Å²) in [4.78, 5) is 0. The smallest absolute Gasteiger partial charge is 0.124 e. The van der Waals surface area contributed by atoms with E-state index in [0.717, 1.165) is 0 Å². The van der Waals surface area contributed by atoms with Gasteiger partial charge in [0.1, 0.15) is 11.6 Å². The summed E-state index contributed by atoms with van der Waals surface area (Å²) in [7, 11) is 0. The molecule has 78 valence electrons. The van der Waals surface area contributed by atoms with E-state index in [2.05, 4.69) is 15.9 Å². The Morgan fingerprint density at radius 2 is 2.13 bits per heavy atom. The van der Waals surface area contributed by atoms with Gasteiger partial charge in [-0.25, -0.2) is 4.39 Å². The van der Waals surface area contributed by atoms with E-state index in [9.17, 15) is 4.39 Å². The summed E-state index contributed by atoms with van der Waals surface area (Å²) >= 11 is 3.22. The highest BCUT2D eigenvalue weighted by Crippen LogP contribution is 2.24. The second-order valence-corrected chi connectivity index (χ2v) is 4.11. The van der Waals surface area contributed by atoms with Crippen LogP contribution in [0.25, 0.3) is 0 Å². The number of nitrogens with two attached hydrogens (primary N) is 1. The van der Waals surface area contributed by atoms with Gasteiger partial charge in [0, 0.05) is 4.47 Å². The van der Waals surface area contributed by atoms with Gasteiger partial charge in [0.2, 0.25) is 0 Å². The van der Waals surface area contributed by atoms with Crippen LogP contribution in [0.5, 0.6) is 0 Å². The summed E-state index contributed by atoms with van der Waals surface area (Å²) in [6.07, 6.45) is 1.55. The van der Waals surface area contributed by atoms with Gasteiger partial charge in [-0.15, -0.1) is 0 Å². The molecule has 0 aliphatic carbocycles. The molecule has 0 radical (unpaired) electrons. The van der Waals surface area contributed by atoms with Crippen LogP contribution in [0.4, 0.5) is 4.39 Å². The Bertz CT molecular complexity index is 435. The van der Waals surface area contributed by atoms with Crippen LogP contribution in [0.1, 0.15) is 17.4 Å². The molecule has 0 aliphatic heterocycles. The van der Waals surface area contributed by atoms with Crippen molar-refractivity contribution in [2.45, 2.75) is 6.04 Å². The number of hydrogen-bond acceptors (Lipinski definition) is 2. The molecular formula is C11H9BrFNO. The molecule has 15 heavy (non-hydrogen) atoms. The predicted molar refractivity (Wildman–Crippen MR) is 58.8 cm³/mol. The van der Waals surface area contributed by atoms with Crippen LogP contribution >= 0.6 is 15.9 Å². The molecule has 2 nitrogen and oxygen atoms in total. The van der Waals surface area contributed by atoms with E-state index in [4.69, 9.17) is 10.2 Å². The summed E-state index contributed by atoms with van der Waals surface area (Å²) in [6, 6.07) is 7.64. The maximum absolute atomic E-state index is 13.1. The molecule has 0 spiro atoms. The van der Waals surface area contributed by atoms with Gasteiger partial charge in [-0.3, -0.25) is 0 Å². The molecule has 0 saturated carbocycles. The fourth-order valence-electron chi connectivity index (χ4n) is 1.39. The number of benzene rings is 1. The fourth-order valence-corrected chi connectivity index (χ4v) is 1.87. The lowest BCUT2D eigenvalue weighted by Gasteiger charge is -2.09. The van der Waals surface area contributed by atoms with Crippen LogP contribution < -0.4 is 5.73 Å². The Morgan fingerprint density at radius 1 is 1.33 bits per heavy atom. The molecule has 1 heterocycles. The Hall–Kier alpha value is -1.13. The SMILES string of the molecule is NC(c1cc(F)cc(Br)c1)c1ccco1. The molecule has 0 fully saturated rings. The first kappa shape index (κ1) is 10.4. The maximum Gasteiger partial charge on any atom is 0.124 e. The zero-order valence-electron chi connectivity index (χ0n) is 7.78. The van der Waals surface area contributed by atoms with Gasteiger partial charge in [0.05, 0.1) is 12.3 Å². The third kappa shape index (κ3) is 2.27. The van der Waals surface area contributed by atoms with E-state index >= 15 is 0 Å². The highest BCUT2D eigenvalue weighted by Gasteiger charge is 2.12. The number of hydrogen-bond donors (Lipinski definition) is 1. The van der Waals surface area contributed by atoms with Crippen LogP contribution in [-0.4, -0.2) is 0 Å². The zero-order valence-corrected chi connectivity index (χ0v) is 9.37. The molecule has 2 aromatic rings. The maximum atomic E-state index is 13.1. The summed E-state index contributed by atoms with van der Waals surface area (Å²) in [5.41, 5.74) is 6.59. The van der Waals surface area contributed by atoms with Crippen LogP contribution in [-0.2, 0) is 0 Å². The molecular weight excluding hydrogens is 261 g/mol. The molecule has 4 heteroatoms. The van der Waals surface area contributed by atoms with E-state index in [1.54, 1.807) is 24.5 Å². The molecule has 1 atom stereocenters. The summed E-state index contributed by atoms with van der Waals surface area (Å²) in [5, 5.41) is 0. The molecule has 0 saturated heterocycles. The topological polar surface area (TPSA) is 39.2 Å². The number of furan rings is 1. The third-order valence-corrected chi connectivity index (χ3v) is 2.55. The monoisotopic (exact) mass is 269 g/mol. The van der Waals surface area contributed by atoms with Crippen molar-refractivity contribution in [3.63, 3.8) is 0 Å². The predicted octanol–water partition coefficient (Wildman–Crippen LogP) is 3.23. The van der Waals surface area contributed by atoms with Crippen molar-refractivity contribution in [1.82, 2.24) is 0 Å². The van der Waals surface area contributed by atoms with E-state index in [1.165, 1.54) is 12.1 Å². The fraction of sp³-hybridized carbons (Fsp3) is 0.0909. The van der Waals surface area contributed by atoms with Gasteiger partial charge < -0.3 is 10.2 Å². The Balaban J connectivity index is 2.37. The van der Waals surface area contributed by atoms with Crippen molar-refractivity contribution in [3.05, 3.63) is 58.2 Å². The van der Waals surface area contributed by atoms with Crippen molar-refractivity contribution in [1.29, 1.82) is 0 Å². The quantitative estimate of drug-likeness (QED) is 0.909. The Labute approximate surface area is 95.0 Å². The minimum absolute atomic E-state index is 0.318. The van der Waals surface area contributed by atoms with Crippen LogP contribution in [0.3, 0.4) is 0 Å². The average Bonchev–Trinajstić information content (AvgIpc) is 2.67. The molecule has 2 rings (SSSR count). The highest BCUT2D eigenvalue weighted by atomic mass is 79.9. The van der Waals surface area contributed by atoms with E-state index in [1.807, 2.05) is 0 Å². The van der Waals surface area contributed by atoms with Crippen molar-refractivity contribution in [2.24, 2.45) is 5.73 Å². The van der Waals surface area contributed by atoms with Gasteiger partial charge in [-0.2, -0.15) is 0 Å². The third-order valence-electron chi connectivity index (χ3n) is 2.09. The average molecular weight is 270 g/mol. The summed E-state index contributed by atoms with van der Waals surface area (Å²) in [5.74, 6) is 0.300. The lowest BCUT2D eigenvalue weighted by atomic mass is 10.1. The largest absolute Gasteiger partial charge is 0.467 e.